The smallest absolute Gasteiger partial charge is 0.261 e. The number of amides is 1. The van der Waals surface area contributed by atoms with Crippen LogP contribution in [0, 0.1) is 20.8 Å². The van der Waals surface area contributed by atoms with Gasteiger partial charge in [-0.3, -0.25) is 4.79 Å². The zero-order chi connectivity index (χ0) is 19.4. The number of hydrogen-bond donors (Lipinski definition) is 1. The number of ether oxygens (including phenoxy) is 1. The highest BCUT2D eigenvalue weighted by molar-refractivity contribution is 7.12. The maximum atomic E-state index is 12.5. The zero-order valence-electron chi connectivity index (χ0n) is 16.2. The van der Waals surface area contributed by atoms with Gasteiger partial charge in [0, 0.05) is 5.56 Å². The van der Waals surface area contributed by atoms with E-state index >= 15 is 0 Å². The number of hydrogen-bond acceptors (Lipinski definition) is 3. The summed E-state index contributed by atoms with van der Waals surface area (Å²) in [6.07, 6.45) is 0. The second-order valence-corrected chi connectivity index (χ2v) is 7.83. The summed E-state index contributed by atoms with van der Waals surface area (Å²) in [4.78, 5) is 13.2. The van der Waals surface area contributed by atoms with Crippen molar-refractivity contribution in [3.63, 3.8) is 0 Å². The van der Waals surface area contributed by atoms with Gasteiger partial charge in [-0.2, -0.15) is 0 Å². The molecular formula is C23H25NO2S. The molecule has 1 heterocycles. The number of benzene rings is 2. The van der Waals surface area contributed by atoms with E-state index in [-0.39, 0.29) is 11.9 Å². The van der Waals surface area contributed by atoms with Crippen molar-refractivity contribution in [3.05, 3.63) is 86.6 Å². The van der Waals surface area contributed by atoms with Crippen LogP contribution < -0.4 is 10.1 Å². The van der Waals surface area contributed by atoms with Crippen molar-refractivity contribution in [3.8, 4) is 5.75 Å². The van der Waals surface area contributed by atoms with E-state index in [1.165, 1.54) is 22.5 Å². The molecule has 27 heavy (non-hydrogen) atoms. The van der Waals surface area contributed by atoms with Crippen LogP contribution in [0.4, 0.5) is 0 Å². The first-order chi connectivity index (χ1) is 12.9. The number of nitrogens with one attached hydrogen (secondary N) is 1. The third-order valence-electron chi connectivity index (χ3n) is 4.68. The Balaban J connectivity index is 1.62. The lowest BCUT2D eigenvalue weighted by atomic mass is 10.1. The van der Waals surface area contributed by atoms with Crippen LogP contribution in [0.2, 0.25) is 0 Å². The van der Waals surface area contributed by atoms with Gasteiger partial charge in [-0.05, 0) is 67.5 Å². The van der Waals surface area contributed by atoms with Crippen molar-refractivity contribution >= 4 is 17.2 Å². The maximum Gasteiger partial charge on any atom is 0.261 e. The Morgan fingerprint density at radius 2 is 1.85 bits per heavy atom. The second-order valence-electron chi connectivity index (χ2n) is 6.92. The number of carbonyl (C=O) groups is 1. The summed E-state index contributed by atoms with van der Waals surface area (Å²) >= 11 is 1.45. The summed E-state index contributed by atoms with van der Waals surface area (Å²) in [5.41, 5.74) is 5.68. The fourth-order valence-corrected chi connectivity index (χ4v) is 3.77. The lowest BCUT2D eigenvalue weighted by Crippen LogP contribution is -2.25. The molecule has 0 aliphatic carbocycles. The van der Waals surface area contributed by atoms with Crippen LogP contribution in [-0.4, -0.2) is 5.91 Å². The van der Waals surface area contributed by atoms with Gasteiger partial charge < -0.3 is 10.1 Å². The van der Waals surface area contributed by atoms with E-state index in [4.69, 9.17) is 4.74 Å². The predicted molar refractivity (Wildman–Crippen MR) is 112 cm³/mol. The first-order valence-electron chi connectivity index (χ1n) is 9.08. The lowest BCUT2D eigenvalue weighted by molar-refractivity contribution is 0.0944. The van der Waals surface area contributed by atoms with Crippen LogP contribution in [0.1, 0.15) is 50.5 Å². The largest absolute Gasteiger partial charge is 0.489 e. The maximum absolute atomic E-state index is 12.5. The van der Waals surface area contributed by atoms with Gasteiger partial charge in [0.25, 0.3) is 5.91 Å². The normalized spacial score (nSPS) is 11.9. The summed E-state index contributed by atoms with van der Waals surface area (Å²) < 4.78 is 6.00. The Morgan fingerprint density at radius 3 is 2.59 bits per heavy atom. The van der Waals surface area contributed by atoms with E-state index in [0.29, 0.717) is 11.5 Å². The van der Waals surface area contributed by atoms with Crippen LogP contribution in [-0.2, 0) is 6.61 Å². The third kappa shape index (κ3) is 4.77. The van der Waals surface area contributed by atoms with E-state index in [1.54, 1.807) is 0 Å². The van der Waals surface area contributed by atoms with Crippen molar-refractivity contribution in [2.45, 2.75) is 40.3 Å². The average Bonchev–Trinajstić information content (AvgIpc) is 3.13. The van der Waals surface area contributed by atoms with Crippen LogP contribution in [0.3, 0.4) is 0 Å². The Kier molecular flexibility index (Phi) is 5.97. The highest BCUT2D eigenvalue weighted by atomic mass is 32.1. The first-order valence-corrected chi connectivity index (χ1v) is 9.96. The molecule has 0 saturated heterocycles. The second kappa shape index (κ2) is 8.40. The minimum absolute atomic E-state index is 0.0292. The van der Waals surface area contributed by atoms with E-state index in [0.717, 1.165) is 22.4 Å². The van der Waals surface area contributed by atoms with Gasteiger partial charge in [0.05, 0.1) is 10.9 Å². The van der Waals surface area contributed by atoms with Crippen LogP contribution in [0.25, 0.3) is 0 Å². The highest BCUT2D eigenvalue weighted by Crippen LogP contribution is 2.25. The van der Waals surface area contributed by atoms with Crippen molar-refractivity contribution in [2.75, 3.05) is 0 Å². The topological polar surface area (TPSA) is 38.3 Å². The number of rotatable bonds is 6. The molecule has 0 aliphatic rings. The molecule has 1 amide bonds. The molecule has 0 spiro atoms. The van der Waals surface area contributed by atoms with Crippen LogP contribution >= 0.6 is 11.3 Å². The first kappa shape index (κ1) is 19.2. The van der Waals surface area contributed by atoms with Gasteiger partial charge in [0.1, 0.15) is 12.4 Å². The van der Waals surface area contributed by atoms with Gasteiger partial charge in [-0.25, -0.2) is 0 Å². The Labute approximate surface area is 165 Å². The number of carbonyl (C=O) groups excluding carboxylic acids is 1. The van der Waals surface area contributed by atoms with Crippen molar-refractivity contribution in [1.82, 2.24) is 5.32 Å². The Morgan fingerprint density at radius 1 is 1.11 bits per heavy atom. The molecule has 0 saturated carbocycles. The SMILES string of the molecule is Cc1cc(C)c(C)c(OCc2csc(C(=O)NC(C)c3ccccc3)c2)c1. The highest BCUT2D eigenvalue weighted by Gasteiger charge is 2.14. The van der Waals surface area contributed by atoms with Crippen molar-refractivity contribution in [1.29, 1.82) is 0 Å². The molecule has 0 aliphatic heterocycles. The van der Waals surface area contributed by atoms with Crippen molar-refractivity contribution < 1.29 is 9.53 Å². The minimum Gasteiger partial charge on any atom is -0.489 e. The molecule has 0 bridgehead atoms. The van der Waals surface area contributed by atoms with Gasteiger partial charge in [0.15, 0.2) is 0 Å². The standard InChI is InChI=1S/C23H25NO2S/c1-15-10-16(2)17(3)21(11-15)26-13-19-12-22(27-14-19)23(25)24-18(4)20-8-6-5-7-9-20/h5-12,14,18H,13H2,1-4H3,(H,24,25). The molecule has 3 rings (SSSR count). The predicted octanol–water partition coefficient (Wildman–Crippen LogP) is 5.74. The monoisotopic (exact) mass is 379 g/mol. The average molecular weight is 380 g/mol. The molecule has 0 radical (unpaired) electrons. The number of aryl methyl sites for hydroxylation is 2. The quantitative estimate of drug-likeness (QED) is 0.593. The summed E-state index contributed by atoms with van der Waals surface area (Å²) in [5, 5.41) is 5.04. The van der Waals surface area contributed by atoms with E-state index in [2.05, 4.69) is 38.2 Å². The minimum atomic E-state index is -0.0508. The molecule has 4 heteroatoms. The summed E-state index contributed by atoms with van der Waals surface area (Å²) in [7, 11) is 0. The van der Waals surface area contributed by atoms with E-state index in [9.17, 15) is 4.79 Å². The van der Waals surface area contributed by atoms with Gasteiger partial charge in [0.2, 0.25) is 0 Å². The molecule has 0 fully saturated rings. The number of thiophene rings is 1. The molecule has 3 aromatic rings. The van der Waals surface area contributed by atoms with Gasteiger partial charge >= 0.3 is 0 Å². The van der Waals surface area contributed by atoms with E-state index < -0.39 is 0 Å². The molecule has 1 unspecified atom stereocenters. The molecule has 140 valence electrons. The van der Waals surface area contributed by atoms with Gasteiger partial charge in [-0.15, -0.1) is 11.3 Å². The third-order valence-corrected chi connectivity index (χ3v) is 5.66. The fourth-order valence-electron chi connectivity index (χ4n) is 2.97. The fraction of sp³-hybridized carbons (Fsp3) is 0.261. The van der Waals surface area contributed by atoms with Crippen LogP contribution in [0.15, 0.2) is 53.9 Å². The zero-order valence-corrected chi connectivity index (χ0v) is 17.0. The Bertz CT molecular complexity index is 931. The molecule has 3 nitrogen and oxygen atoms in total. The molecular weight excluding hydrogens is 354 g/mol. The summed E-state index contributed by atoms with van der Waals surface area (Å²) in [6, 6.07) is 16.1. The molecule has 1 atom stereocenters. The molecule has 1 aromatic heterocycles. The molecule has 2 aromatic carbocycles. The van der Waals surface area contributed by atoms with E-state index in [1.807, 2.05) is 48.7 Å². The summed E-state index contributed by atoms with van der Waals surface area (Å²) in [5.74, 6) is 0.854. The van der Waals surface area contributed by atoms with Crippen molar-refractivity contribution in [2.24, 2.45) is 0 Å². The summed E-state index contributed by atoms with van der Waals surface area (Å²) in [6.45, 7) is 8.69. The molecule has 1 N–H and O–H groups in total. The lowest BCUT2D eigenvalue weighted by Gasteiger charge is -2.13. The van der Waals surface area contributed by atoms with Crippen LogP contribution in [0.5, 0.6) is 5.75 Å². The Hall–Kier alpha value is -2.59. The van der Waals surface area contributed by atoms with Gasteiger partial charge in [-0.1, -0.05) is 36.4 Å².